The molecule has 4 heteroatoms. The van der Waals surface area contributed by atoms with E-state index in [1.807, 2.05) is 0 Å². The smallest absolute Gasteiger partial charge is 0.208 e. The van der Waals surface area contributed by atoms with E-state index in [1.54, 1.807) is 24.5 Å². The van der Waals surface area contributed by atoms with Gasteiger partial charge in [0, 0.05) is 17.4 Å². The Balaban J connectivity index is 0.000000236. The molecule has 1 aromatic heterocycles. The van der Waals surface area contributed by atoms with Gasteiger partial charge in [-0.1, -0.05) is 11.6 Å². The van der Waals surface area contributed by atoms with Crippen LogP contribution < -0.4 is 0 Å². The van der Waals surface area contributed by atoms with Crippen LogP contribution in [0.3, 0.4) is 0 Å². The quantitative estimate of drug-likeness (QED) is 0.450. The van der Waals surface area contributed by atoms with Crippen molar-refractivity contribution in [2.75, 3.05) is 0 Å². The van der Waals surface area contributed by atoms with Gasteiger partial charge in [-0.2, -0.15) is 0 Å². The Bertz CT molecular complexity index is 178. The van der Waals surface area contributed by atoms with Crippen molar-refractivity contribution >= 4 is 28.9 Å². The van der Waals surface area contributed by atoms with Gasteiger partial charge in [0.25, 0.3) is 0 Å². The van der Waals surface area contributed by atoms with Gasteiger partial charge in [-0.15, -0.1) is 0 Å². The second kappa shape index (κ2) is 6.52. The highest BCUT2D eigenvalue weighted by molar-refractivity contribution is 6.54. The summed E-state index contributed by atoms with van der Waals surface area (Å²) in [5.74, 6) is 0.222. The normalized spacial score (nSPS) is 7.40. The van der Waals surface area contributed by atoms with Gasteiger partial charge in [0.2, 0.25) is 5.75 Å². The van der Waals surface area contributed by atoms with Gasteiger partial charge >= 0.3 is 0 Å². The van der Waals surface area contributed by atoms with Gasteiger partial charge in [0.05, 0.1) is 0 Å². The Morgan fingerprint density at radius 3 is 2.00 bits per heavy atom. The zero-order valence-corrected chi connectivity index (χ0v) is 6.51. The largest absolute Gasteiger partial charge is 0.285 e. The van der Waals surface area contributed by atoms with Crippen LogP contribution in [0.5, 0.6) is 0 Å². The monoisotopic (exact) mass is 177 g/mol. The summed E-state index contributed by atoms with van der Waals surface area (Å²) < 4.78 is 0. The van der Waals surface area contributed by atoms with Crippen molar-refractivity contribution in [3.63, 3.8) is 0 Å². The molecule has 2 nitrogen and oxygen atoms in total. The van der Waals surface area contributed by atoms with Crippen molar-refractivity contribution in [2.24, 2.45) is 0 Å². The fraction of sp³-hybridized carbons (Fsp3) is 0. The van der Waals surface area contributed by atoms with Crippen LogP contribution in [0.1, 0.15) is 0 Å². The molecule has 0 unspecified atom stereocenters. The van der Waals surface area contributed by atoms with Crippen molar-refractivity contribution in [2.45, 2.75) is 0 Å². The molecule has 0 bridgehead atoms. The standard InChI is InChI=1S/C5H4ClN.CHClO/c6-5-1-3-7-4-2-5;2-1-3/h1-4H;1H. The van der Waals surface area contributed by atoms with Crippen LogP contribution in [-0.2, 0) is 4.79 Å². The molecule has 0 aromatic carbocycles. The summed E-state index contributed by atoms with van der Waals surface area (Å²) in [5.41, 5.74) is 0. The first-order valence-corrected chi connectivity index (χ1v) is 3.22. The van der Waals surface area contributed by atoms with Crippen LogP contribution in [0.4, 0.5) is 0 Å². The van der Waals surface area contributed by atoms with E-state index in [0.29, 0.717) is 0 Å². The lowest BCUT2D eigenvalue weighted by Gasteiger charge is -1.79. The van der Waals surface area contributed by atoms with Crippen molar-refractivity contribution in [3.05, 3.63) is 29.5 Å². The van der Waals surface area contributed by atoms with Gasteiger partial charge < -0.3 is 0 Å². The van der Waals surface area contributed by atoms with E-state index < -0.39 is 0 Å². The molecule has 0 saturated carbocycles. The van der Waals surface area contributed by atoms with E-state index in [1.165, 1.54) is 0 Å². The number of carbonyl (C=O) groups excluding carboxylic acids is 1. The summed E-state index contributed by atoms with van der Waals surface area (Å²) in [6.45, 7) is 0. The zero-order valence-electron chi connectivity index (χ0n) is 5.00. The van der Waals surface area contributed by atoms with Crippen LogP contribution in [0.25, 0.3) is 0 Å². The number of aromatic nitrogens is 1. The van der Waals surface area contributed by atoms with Gasteiger partial charge in [-0.05, 0) is 23.7 Å². The second-order valence-electron chi connectivity index (χ2n) is 1.25. The van der Waals surface area contributed by atoms with E-state index in [-0.39, 0.29) is 5.75 Å². The molecule has 0 atom stereocenters. The number of carbonyl (C=O) groups is 1. The topological polar surface area (TPSA) is 30.0 Å². The molecule has 0 spiro atoms. The Hall–Kier alpha value is -0.600. The van der Waals surface area contributed by atoms with Crippen LogP contribution in [0.2, 0.25) is 5.02 Å². The Kier molecular flexibility index (Phi) is 6.13. The van der Waals surface area contributed by atoms with E-state index in [4.69, 9.17) is 16.4 Å². The van der Waals surface area contributed by atoms with Crippen LogP contribution in [0, 0.1) is 0 Å². The van der Waals surface area contributed by atoms with Crippen LogP contribution >= 0.6 is 23.2 Å². The summed E-state index contributed by atoms with van der Waals surface area (Å²) in [6.07, 6.45) is 3.31. The SMILES string of the molecule is Clc1ccncc1.O=CCl. The molecule has 54 valence electrons. The molecule has 0 aliphatic rings. The number of rotatable bonds is 0. The summed E-state index contributed by atoms with van der Waals surface area (Å²) in [7, 11) is 0. The minimum Gasteiger partial charge on any atom is -0.285 e. The fourth-order valence-corrected chi connectivity index (χ4v) is 0.446. The molecule has 10 heavy (non-hydrogen) atoms. The molecule has 0 radical (unpaired) electrons. The van der Waals surface area contributed by atoms with Crippen LogP contribution in [0.15, 0.2) is 24.5 Å². The van der Waals surface area contributed by atoms with Gasteiger partial charge in [0.15, 0.2) is 0 Å². The number of nitrogens with zero attached hydrogens (tertiary/aromatic N) is 1. The predicted molar refractivity (Wildman–Crippen MR) is 41.9 cm³/mol. The molecule has 0 amide bonds. The van der Waals surface area contributed by atoms with Crippen molar-refractivity contribution < 1.29 is 4.79 Å². The van der Waals surface area contributed by atoms with E-state index in [2.05, 4.69) is 16.6 Å². The average Bonchev–Trinajstić information content (AvgIpc) is 1.91. The third-order valence-electron chi connectivity index (χ3n) is 0.640. The van der Waals surface area contributed by atoms with Gasteiger partial charge in [-0.3, -0.25) is 9.78 Å². The summed E-state index contributed by atoms with van der Waals surface area (Å²) in [5, 5.41) is 0.731. The molecule has 0 aliphatic carbocycles. The lowest BCUT2D eigenvalue weighted by atomic mass is 10.5. The lowest BCUT2D eigenvalue weighted by Crippen LogP contribution is -1.63. The molecule has 0 N–H and O–H groups in total. The maximum atomic E-state index is 8.57. The molecule has 1 heterocycles. The maximum absolute atomic E-state index is 8.57. The van der Waals surface area contributed by atoms with E-state index >= 15 is 0 Å². The Labute approximate surface area is 68.8 Å². The number of hydrogen-bond donors (Lipinski definition) is 0. The van der Waals surface area contributed by atoms with Crippen molar-refractivity contribution in [1.82, 2.24) is 4.98 Å². The highest BCUT2D eigenvalue weighted by atomic mass is 35.5. The third-order valence-corrected chi connectivity index (χ3v) is 0.892. The molecule has 1 rings (SSSR count). The average molecular weight is 178 g/mol. The zero-order chi connectivity index (χ0) is 7.82. The minimum atomic E-state index is 0.222. The second-order valence-corrected chi connectivity index (χ2v) is 1.87. The number of hydrogen-bond acceptors (Lipinski definition) is 2. The summed E-state index contributed by atoms with van der Waals surface area (Å²) in [6, 6.07) is 3.48. The molecule has 0 aliphatic heterocycles. The van der Waals surface area contributed by atoms with Crippen LogP contribution in [-0.4, -0.2) is 10.7 Å². The highest BCUT2D eigenvalue weighted by Crippen LogP contribution is 2.01. The third kappa shape index (κ3) is 5.54. The summed E-state index contributed by atoms with van der Waals surface area (Å²) in [4.78, 5) is 12.3. The molecule has 0 fully saturated rings. The predicted octanol–water partition coefficient (Wildman–Crippen LogP) is 2.15. The summed E-state index contributed by atoms with van der Waals surface area (Å²) >= 11 is 9.82. The molecule has 1 aromatic rings. The number of pyridine rings is 1. The fourth-order valence-electron chi connectivity index (χ4n) is 0.334. The Morgan fingerprint density at radius 1 is 1.40 bits per heavy atom. The Morgan fingerprint density at radius 2 is 1.80 bits per heavy atom. The maximum Gasteiger partial charge on any atom is 0.208 e. The number of halogens is 2. The lowest BCUT2D eigenvalue weighted by molar-refractivity contribution is 0.569. The van der Waals surface area contributed by atoms with Gasteiger partial charge in [-0.25, -0.2) is 0 Å². The molecular weight excluding hydrogens is 173 g/mol. The van der Waals surface area contributed by atoms with E-state index in [0.717, 1.165) is 5.02 Å². The van der Waals surface area contributed by atoms with Crippen molar-refractivity contribution in [3.8, 4) is 0 Å². The first-order chi connectivity index (χ1) is 4.81. The first kappa shape index (κ1) is 9.40. The minimum absolute atomic E-state index is 0.222. The highest BCUT2D eigenvalue weighted by Gasteiger charge is 1.75. The van der Waals surface area contributed by atoms with Crippen molar-refractivity contribution in [1.29, 1.82) is 0 Å². The van der Waals surface area contributed by atoms with E-state index in [9.17, 15) is 0 Å². The first-order valence-electron chi connectivity index (χ1n) is 2.40. The molecular formula is C6H5Cl2NO. The van der Waals surface area contributed by atoms with Gasteiger partial charge in [0.1, 0.15) is 0 Å². The molecule has 0 saturated heterocycles.